The molecule has 9 heteroatoms. The second-order valence-corrected chi connectivity index (χ2v) is 6.39. The number of thioether (sulfide) groups is 1. The average Bonchev–Trinajstić information content (AvgIpc) is 3.03. The maximum Gasteiger partial charge on any atom is 0.188 e. The molecule has 118 valence electrons. The monoisotopic (exact) mass is 346 g/mol. The fourth-order valence-electron chi connectivity index (χ4n) is 1.82. The Morgan fingerprint density at radius 3 is 2.74 bits per heavy atom. The van der Waals surface area contributed by atoms with Crippen LogP contribution in [-0.2, 0) is 6.61 Å². The third kappa shape index (κ3) is 3.81. The van der Waals surface area contributed by atoms with E-state index in [4.69, 9.17) is 5.11 Å². The Morgan fingerprint density at radius 2 is 2.04 bits per heavy atom. The van der Waals surface area contributed by atoms with Crippen LogP contribution in [0.3, 0.4) is 0 Å². The third-order valence-electron chi connectivity index (χ3n) is 2.88. The predicted octanol–water partition coefficient (Wildman–Crippen LogP) is 2.66. The Labute approximate surface area is 141 Å². The lowest BCUT2D eigenvalue weighted by Crippen LogP contribution is -1.96. The summed E-state index contributed by atoms with van der Waals surface area (Å²) in [5, 5.41) is 13.5. The van der Waals surface area contributed by atoms with Crippen molar-refractivity contribution >= 4 is 34.0 Å². The summed E-state index contributed by atoms with van der Waals surface area (Å²) in [6, 6.07) is 1.94. The average molecular weight is 346 g/mol. The van der Waals surface area contributed by atoms with Crippen molar-refractivity contribution in [1.82, 2.24) is 24.9 Å². The summed E-state index contributed by atoms with van der Waals surface area (Å²) in [6.45, 7) is 1.82. The SMILES string of the molecule is CSc1nc(C)cc(-c2cnc(Nc3cnc(CO)cn3)s2)n1. The molecule has 0 radical (unpaired) electrons. The molecule has 7 nitrogen and oxygen atoms in total. The smallest absolute Gasteiger partial charge is 0.188 e. The van der Waals surface area contributed by atoms with Crippen molar-refractivity contribution in [1.29, 1.82) is 0 Å². The van der Waals surface area contributed by atoms with Crippen LogP contribution in [0.1, 0.15) is 11.4 Å². The molecule has 3 aromatic heterocycles. The fraction of sp³-hybridized carbons (Fsp3) is 0.214. The van der Waals surface area contributed by atoms with Crippen molar-refractivity contribution in [3.63, 3.8) is 0 Å². The number of hydrogen-bond acceptors (Lipinski definition) is 9. The highest BCUT2D eigenvalue weighted by molar-refractivity contribution is 7.98. The molecule has 3 aromatic rings. The first-order valence-corrected chi connectivity index (χ1v) is 8.76. The minimum absolute atomic E-state index is 0.125. The second kappa shape index (κ2) is 6.99. The van der Waals surface area contributed by atoms with Crippen molar-refractivity contribution in [2.75, 3.05) is 11.6 Å². The maximum atomic E-state index is 8.97. The first kappa shape index (κ1) is 15.8. The molecule has 0 spiro atoms. The van der Waals surface area contributed by atoms with Crippen molar-refractivity contribution in [2.45, 2.75) is 18.7 Å². The lowest BCUT2D eigenvalue weighted by atomic mass is 10.3. The van der Waals surface area contributed by atoms with E-state index in [9.17, 15) is 0 Å². The molecule has 3 heterocycles. The summed E-state index contributed by atoms with van der Waals surface area (Å²) in [5.74, 6) is 0.576. The zero-order valence-corrected chi connectivity index (χ0v) is 14.1. The summed E-state index contributed by atoms with van der Waals surface area (Å²) in [7, 11) is 0. The molecule has 2 N–H and O–H groups in total. The number of aromatic nitrogens is 5. The predicted molar refractivity (Wildman–Crippen MR) is 90.9 cm³/mol. The molecule has 3 rings (SSSR count). The third-order valence-corrected chi connectivity index (χ3v) is 4.36. The Morgan fingerprint density at radius 1 is 1.17 bits per heavy atom. The van der Waals surface area contributed by atoms with Gasteiger partial charge in [-0.25, -0.2) is 19.9 Å². The molecular weight excluding hydrogens is 332 g/mol. The van der Waals surface area contributed by atoms with Gasteiger partial charge in [-0.2, -0.15) is 0 Å². The van der Waals surface area contributed by atoms with Gasteiger partial charge in [0.2, 0.25) is 0 Å². The Hall–Kier alpha value is -2.10. The van der Waals surface area contributed by atoms with Gasteiger partial charge in [0.1, 0.15) is 0 Å². The number of nitrogens with zero attached hydrogens (tertiary/aromatic N) is 5. The topological polar surface area (TPSA) is 96.7 Å². The van der Waals surface area contributed by atoms with Crippen LogP contribution in [0.4, 0.5) is 10.9 Å². The Bertz CT molecular complexity index is 805. The molecule has 0 aliphatic carbocycles. The van der Waals surface area contributed by atoms with Crippen molar-refractivity contribution in [2.24, 2.45) is 0 Å². The molecule has 0 unspecified atom stereocenters. The zero-order valence-electron chi connectivity index (χ0n) is 12.5. The Kier molecular flexibility index (Phi) is 4.79. The van der Waals surface area contributed by atoms with E-state index >= 15 is 0 Å². The van der Waals surface area contributed by atoms with Gasteiger partial charge >= 0.3 is 0 Å². The van der Waals surface area contributed by atoms with Crippen molar-refractivity contribution in [3.05, 3.63) is 36.0 Å². The molecule has 0 saturated heterocycles. The highest BCUT2D eigenvalue weighted by atomic mass is 32.2. The van der Waals surface area contributed by atoms with E-state index in [2.05, 4.69) is 30.2 Å². The van der Waals surface area contributed by atoms with Gasteiger partial charge in [-0.3, -0.25) is 4.98 Å². The lowest BCUT2D eigenvalue weighted by molar-refractivity contribution is 0.276. The van der Waals surface area contributed by atoms with Gasteiger partial charge < -0.3 is 10.4 Å². The van der Waals surface area contributed by atoms with Gasteiger partial charge in [0.15, 0.2) is 16.1 Å². The number of nitrogens with one attached hydrogen (secondary N) is 1. The molecular formula is C14H14N6OS2. The molecule has 0 aromatic carbocycles. The molecule has 0 aliphatic heterocycles. The quantitative estimate of drug-likeness (QED) is 0.537. The van der Waals surface area contributed by atoms with Gasteiger partial charge in [0.05, 0.1) is 35.3 Å². The number of rotatable bonds is 5. The molecule has 0 bridgehead atoms. The first-order valence-electron chi connectivity index (χ1n) is 6.72. The normalized spacial score (nSPS) is 10.7. The van der Waals surface area contributed by atoms with Gasteiger partial charge in [-0.15, -0.1) is 0 Å². The maximum absolute atomic E-state index is 8.97. The number of aliphatic hydroxyl groups excluding tert-OH is 1. The summed E-state index contributed by atoms with van der Waals surface area (Å²) < 4.78 is 0. The van der Waals surface area contributed by atoms with Crippen LogP contribution in [0, 0.1) is 6.92 Å². The summed E-state index contributed by atoms with van der Waals surface area (Å²) >= 11 is 2.99. The van der Waals surface area contributed by atoms with Crippen LogP contribution in [0.25, 0.3) is 10.6 Å². The van der Waals surface area contributed by atoms with Crippen LogP contribution in [0.5, 0.6) is 0 Å². The summed E-state index contributed by atoms with van der Waals surface area (Å²) in [5.41, 5.74) is 2.30. The lowest BCUT2D eigenvalue weighted by Gasteiger charge is -2.02. The van der Waals surface area contributed by atoms with Crippen LogP contribution >= 0.6 is 23.1 Å². The van der Waals surface area contributed by atoms with E-state index in [-0.39, 0.29) is 6.61 Å². The molecule has 23 heavy (non-hydrogen) atoms. The fourth-order valence-corrected chi connectivity index (χ4v) is 3.03. The van der Waals surface area contributed by atoms with Gasteiger partial charge in [0, 0.05) is 11.9 Å². The van der Waals surface area contributed by atoms with Crippen molar-refractivity contribution in [3.8, 4) is 10.6 Å². The Balaban J connectivity index is 1.81. The minimum Gasteiger partial charge on any atom is -0.390 e. The van der Waals surface area contributed by atoms with Crippen LogP contribution in [0.2, 0.25) is 0 Å². The molecule has 0 aliphatic rings. The molecule has 0 amide bonds. The zero-order chi connectivity index (χ0) is 16.2. The van der Waals surface area contributed by atoms with E-state index in [0.29, 0.717) is 16.6 Å². The first-order chi connectivity index (χ1) is 11.2. The highest BCUT2D eigenvalue weighted by Crippen LogP contribution is 2.30. The van der Waals surface area contributed by atoms with Crippen molar-refractivity contribution < 1.29 is 5.11 Å². The number of anilines is 2. The molecule has 0 fully saturated rings. The minimum atomic E-state index is -0.125. The standard InChI is InChI=1S/C14H14N6OS2/c1-8-3-10(19-14(18-8)22-2)11-5-17-13(23-11)20-12-6-15-9(7-21)4-16-12/h3-6,21H,7H2,1-2H3,(H,16,17,20). The van der Waals surface area contributed by atoms with E-state index < -0.39 is 0 Å². The van der Waals surface area contributed by atoms with E-state index in [1.165, 1.54) is 29.3 Å². The van der Waals surface area contributed by atoms with E-state index in [0.717, 1.165) is 21.4 Å². The summed E-state index contributed by atoms with van der Waals surface area (Å²) in [6.07, 6.45) is 6.81. The van der Waals surface area contributed by atoms with Crippen LogP contribution < -0.4 is 5.32 Å². The molecule has 0 saturated carbocycles. The van der Waals surface area contributed by atoms with Crippen LogP contribution in [-0.4, -0.2) is 36.3 Å². The van der Waals surface area contributed by atoms with Gasteiger partial charge in [-0.05, 0) is 19.2 Å². The van der Waals surface area contributed by atoms with E-state index in [1.807, 2.05) is 19.2 Å². The number of aryl methyl sites for hydroxylation is 1. The van der Waals surface area contributed by atoms with Gasteiger partial charge in [-0.1, -0.05) is 23.1 Å². The van der Waals surface area contributed by atoms with Crippen LogP contribution in [0.15, 0.2) is 29.8 Å². The second-order valence-electron chi connectivity index (χ2n) is 4.59. The number of aliphatic hydroxyl groups is 1. The molecule has 0 atom stereocenters. The summed E-state index contributed by atoms with van der Waals surface area (Å²) in [4.78, 5) is 22.4. The van der Waals surface area contributed by atoms with Gasteiger partial charge in [0.25, 0.3) is 0 Å². The largest absolute Gasteiger partial charge is 0.390 e. The highest BCUT2D eigenvalue weighted by Gasteiger charge is 2.09. The number of thiazole rings is 1. The van der Waals surface area contributed by atoms with E-state index in [1.54, 1.807) is 12.4 Å². The number of hydrogen-bond donors (Lipinski definition) is 2.